The SMILES string of the molecule is CC(Oc1ccc(Br)c2c1[C@@H](CN1Cc3ccccc3C1=O)N(C(=O)[C@@H]1CCCC[C@@H]1C(=O)O)CC2)c1cn(C)nn1. The molecule has 3 heterocycles. The predicted molar refractivity (Wildman–Crippen MR) is 157 cm³/mol. The van der Waals surface area contributed by atoms with E-state index in [0.717, 1.165) is 34.0 Å². The molecule has 2 amide bonds. The largest absolute Gasteiger partial charge is 0.484 e. The average Bonchev–Trinajstić information content (AvgIpc) is 3.57. The Kier molecular flexibility index (Phi) is 7.78. The number of ether oxygens (including phenoxy) is 1. The van der Waals surface area contributed by atoms with Crippen molar-refractivity contribution in [2.24, 2.45) is 18.9 Å². The van der Waals surface area contributed by atoms with Crippen LogP contribution in [0.2, 0.25) is 0 Å². The number of rotatable bonds is 7. The molecular weight excluding hydrogens is 602 g/mol. The number of amides is 2. The number of hydrogen-bond acceptors (Lipinski definition) is 6. The van der Waals surface area contributed by atoms with Crippen molar-refractivity contribution >= 4 is 33.7 Å². The van der Waals surface area contributed by atoms with Crippen molar-refractivity contribution in [2.45, 2.75) is 57.7 Å². The van der Waals surface area contributed by atoms with E-state index in [4.69, 9.17) is 4.74 Å². The first-order chi connectivity index (χ1) is 20.2. The molecule has 1 aromatic heterocycles. The van der Waals surface area contributed by atoms with Gasteiger partial charge in [0.25, 0.3) is 5.91 Å². The molecule has 1 unspecified atom stereocenters. The number of benzene rings is 2. The first-order valence-corrected chi connectivity index (χ1v) is 15.3. The van der Waals surface area contributed by atoms with E-state index in [9.17, 15) is 19.5 Å². The van der Waals surface area contributed by atoms with Crippen LogP contribution in [-0.2, 0) is 29.6 Å². The minimum absolute atomic E-state index is 0.0726. The smallest absolute Gasteiger partial charge is 0.307 e. The molecule has 0 radical (unpaired) electrons. The molecule has 0 bridgehead atoms. The van der Waals surface area contributed by atoms with Gasteiger partial charge < -0.3 is 19.6 Å². The molecule has 11 heteroatoms. The summed E-state index contributed by atoms with van der Waals surface area (Å²) in [6.45, 7) is 3.04. The molecule has 1 saturated carbocycles. The van der Waals surface area contributed by atoms with E-state index in [1.54, 1.807) is 22.8 Å². The standard InChI is InChI=1S/C31H34BrN5O5/c1-18(25-16-35(2)34-33-25)42-27-12-11-24(32)23-13-14-37(30(39)21-9-5-6-10-22(21)31(40)41)26(28(23)27)17-36-15-19-7-3-4-8-20(19)29(36)38/h3-4,7-8,11-12,16,18,21-22,26H,5-6,9-10,13-15,17H2,1-2H3,(H,40,41)/t18?,21-,22+,26-/m1/s1. The average molecular weight is 637 g/mol. The normalized spacial score (nSPS) is 22.5. The molecule has 1 fully saturated rings. The van der Waals surface area contributed by atoms with E-state index in [2.05, 4.69) is 26.2 Å². The summed E-state index contributed by atoms with van der Waals surface area (Å²) in [5.41, 5.74) is 4.16. The number of halogens is 1. The molecule has 2 aromatic carbocycles. The minimum atomic E-state index is -0.920. The highest BCUT2D eigenvalue weighted by Crippen LogP contribution is 2.44. The Hall–Kier alpha value is -3.73. The second-order valence-electron chi connectivity index (χ2n) is 11.5. The Balaban J connectivity index is 1.40. The summed E-state index contributed by atoms with van der Waals surface area (Å²) in [6, 6.07) is 10.9. The van der Waals surface area contributed by atoms with Gasteiger partial charge in [-0.1, -0.05) is 52.2 Å². The van der Waals surface area contributed by atoms with Crippen LogP contribution in [0.15, 0.2) is 47.1 Å². The van der Waals surface area contributed by atoms with Crippen LogP contribution in [0.5, 0.6) is 5.75 Å². The van der Waals surface area contributed by atoms with E-state index in [0.29, 0.717) is 49.4 Å². The van der Waals surface area contributed by atoms with E-state index in [1.807, 2.05) is 48.2 Å². The summed E-state index contributed by atoms with van der Waals surface area (Å²) < 4.78 is 9.04. The predicted octanol–water partition coefficient (Wildman–Crippen LogP) is 4.69. The van der Waals surface area contributed by atoms with E-state index in [1.165, 1.54) is 0 Å². The number of carbonyl (C=O) groups is 3. The van der Waals surface area contributed by atoms with Crippen LogP contribution in [0.4, 0.5) is 0 Å². The highest BCUT2D eigenvalue weighted by atomic mass is 79.9. The van der Waals surface area contributed by atoms with Gasteiger partial charge in [0.2, 0.25) is 5.91 Å². The lowest BCUT2D eigenvalue weighted by atomic mass is 9.77. The van der Waals surface area contributed by atoms with Gasteiger partial charge in [-0.15, -0.1) is 5.10 Å². The van der Waals surface area contributed by atoms with Gasteiger partial charge in [0, 0.05) is 42.3 Å². The maximum atomic E-state index is 14.3. The summed E-state index contributed by atoms with van der Waals surface area (Å²) in [4.78, 5) is 43.6. The number of carboxylic acids is 1. The molecule has 3 aromatic rings. The third kappa shape index (κ3) is 5.19. The molecular formula is C31H34BrN5O5. The molecule has 0 saturated heterocycles. The summed E-state index contributed by atoms with van der Waals surface area (Å²) in [7, 11) is 1.80. The molecule has 3 aliphatic rings. The van der Waals surface area contributed by atoms with Crippen molar-refractivity contribution in [1.82, 2.24) is 24.8 Å². The Morgan fingerprint density at radius 2 is 1.90 bits per heavy atom. The van der Waals surface area contributed by atoms with Crippen LogP contribution in [-0.4, -0.2) is 60.8 Å². The molecule has 1 N–H and O–H groups in total. The van der Waals surface area contributed by atoms with Gasteiger partial charge in [0.1, 0.15) is 17.5 Å². The first kappa shape index (κ1) is 28.4. The van der Waals surface area contributed by atoms with Gasteiger partial charge >= 0.3 is 5.97 Å². The van der Waals surface area contributed by atoms with E-state index >= 15 is 0 Å². The number of aryl methyl sites for hydroxylation is 1. The molecule has 42 heavy (non-hydrogen) atoms. The number of aromatic nitrogens is 3. The zero-order valence-electron chi connectivity index (χ0n) is 23.7. The van der Waals surface area contributed by atoms with Gasteiger partial charge in [0.05, 0.1) is 24.1 Å². The highest BCUT2D eigenvalue weighted by Gasteiger charge is 2.44. The van der Waals surface area contributed by atoms with Crippen molar-refractivity contribution in [2.75, 3.05) is 13.1 Å². The van der Waals surface area contributed by atoms with Crippen LogP contribution in [0.25, 0.3) is 0 Å². The molecule has 2 aliphatic heterocycles. The summed E-state index contributed by atoms with van der Waals surface area (Å²) in [5, 5.41) is 18.2. The molecule has 4 atom stereocenters. The molecule has 10 nitrogen and oxygen atoms in total. The Morgan fingerprint density at radius 3 is 2.62 bits per heavy atom. The summed E-state index contributed by atoms with van der Waals surface area (Å²) >= 11 is 3.73. The highest BCUT2D eigenvalue weighted by molar-refractivity contribution is 9.10. The lowest BCUT2D eigenvalue weighted by molar-refractivity contribution is -0.153. The minimum Gasteiger partial charge on any atom is -0.484 e. The van der Waals surface area contributed by atoms with Crippen LogP contribution in [0.3, 0.4) is 0 Å². The van der Waals surface area contributed by atoms with Crippen molar-refractivity contribution in [3.05, 3.63) is 75.0 Å². The number of nitrogens with zero attached hydrogens (tertiary/aromatic N) is 5. The molecule has 0 spiro atoms. The second kappa shape index (κ2) is 11.5. The first-order valence-electron chi connectivity index (χ1n) is 14.5. The van der Waals surface area contributed by atoms with Crippen molar-refractivity contribution < 1.29 is 24.2 Å². The quantitative estimate of drug-likeness (QED) is 0.400. The van der Waals surface area contributed by atoms with Crippen molar-refractivity contribution in [3.8, 4) is 5.75 Å². The lowest BCUT2D eigenvalue weighted by Gasteiger charge is -2.43. The fraction of sp³-hybridized carbons (Fsp3) is 0.452. The van der Waals surface area contributed by atoms with Gasteiger partial charge in [-0.05, 0) is 55.5 Å². The van der Waals surface area contributed by atoms with E-state index < -0.39 is 30.0 Å². The van der Waals surface area contributed by atoms with Crippen LogP contribution >= 0.6 is 15.9 Å². The molecule has 220 valence electrons. The fourth-order valence-corrected chi connectivity index (χ4v) is 7.29. The third-order valence-corrected chi connectivity index (χ3v) is 9.63. The topological polar surface area (TPSA) is 118 Å². The van der Waals surface area contributed by atoms with Gasteiger partial charge in [-0.2, -0.15) is 0 Å². The maximum Gasteiger partial charge on any atom is 0.307 e. The Bertz CT molecular complexity index is 1540. The number of fused-ring (bicyclic) bond motifs is 2. The Morgan fingerprint density at radius 1 is 1.14 bits per heavy atom. The Labute approximate surface area is 252 Å². The maximum absolute atomic E-state index is 14.3. The lowest BCUT2D eigenvalue weighted by Crippen LogP contribution is -2.50. The van der Waals surface area contributed by atoms with Crippen LogP contribution < -0.4 is 4.74 Å². The van der Waals surface area contributed by atoms with Gasteiger partial charge in [-0.25, -0.2) is 0 Å². The number of aliphatic carboxylic acids is 1. The number of carboxylic acid groups (broad SMARTS) is 1. The number of carbonyl (C=O) groups excluding carboxylic acids is 2. The fourth-order valence-electron chi connectivity index (χ4n) is 6.74. The van der Waals surface area contributed by atoms with Crippen molar-refractivity contribution in [1.29, 1.82) is 0 Å². The summed E-state index contributed by atoms with van der Waals surface area (Å²) in [5.74, 6) is -1.85. The number of hydrogen-bond donors (Lipinski definition) is 1. The second-order valence-corrected chi connectivity index (χ2v) is 12.3. The van der Waals surface area contributed by atoms with Crippen LogP contribution in [0, 0.1) is 11.8 Å². The molecule has 1 aliphatic carbocycles. The van der Waals surface area contributed by atoms with Crippen LogP contribution in [0.1, 0.15) is 77.5 Å². The van der Waals surface area contributed by atoms with Crippen molar-refractivity contribution in [3.63, 3.8) is 0 Å². The zero-order chi connectivity index (χ0) is 29.5. The third-order valence-electron chi connectivity index (χ3n) is 8.89. The van der Waals surface area contributed by atoms with Gasteiger partial charge in [0.15, 0.2) is 0 Å². The monoisotopic (exact) mass is 635 g/mol. The van der Waals surface area contributed by atoms with E-state index in [-0.39, 0.29) is 18.4 Å². The molecule has 6 rings (SSSR count). The summed E-state index contributed by atoms with van der Waals surface area (Å²) in [6.07, 6.45) is 4.64. The van der Waals surface area contributed by atoms with Gasteiger partial charge in [-0.3, -0.25) is 19.1 Å². The zero-order valence-corrected chi connectivity index (χ0v) is 25.3.